The maximum absolute atomic E-state index is 12.9. The summed E-state index contributed by atoms with van der Waals surface area (Å²) in [6.07, 6.45) is 0.820. The van der Waals surface area contributed by atoms with E-state index in [-0.39, 0.29) is 16.1 Å². The van der Waals surface area contributed by atoms with Crippen LogP contribution in [0.5, 0.6) is 0 Å². The maximum atomic E-state index is 12.9. The normalized spacial score (nSPS) is 12.6. The molecule has 1 aromatic rings. The van der Waals surface area contributed by atoms with Gasteiger partial charge in [0.1, 0.15) is 5.82 Å². The summed E-state index contributed by atoms with van der Waals surface area (Å²) in [5.41, 5.74) is 0.563. The highest BCUT2D eigenvalue weighted by atomic mass is 35.5. The van der Waals surface area contributed by atoms with Crippen LogP contribution in [0.25, 0.3) is 0 Å². The lowest BCUT2D eigenvalue weighted by Gasteiger charge is -2.17. The summed E-state index contributed by atoms with van der Waals surface area (Å²) >= 11 is 11.8. The van der Waals surface area contributed by atoms with E-state index in [0.29, 0.717) is 12.3 Å². The Morgan fingerprint density at radius 2 is 1.94 bits per heavy atom. The molecule has 1 rings (SSSR count). The molecule has 0 spiro atoms. The molecule has 1 aromatic carbocycles. The smallest absolute Gasteiger partial charge is 0.126 e. The first kappa shape index (κ1) is 13.6. The van der Waals surface area contributed by atoms with Gasteiger partial charge in [0, 0.05) is 19.8 Å². The number of hydrogen-bond acceptors (Lipinski definition) is 2. The van der Waals surface area contributed by atoms with Crippen molar-refractivity contribution in [1.82, 2.24) is 0 Å². The number of halogens is 3. The van der Waals surface area contributed by atoms with E-state index in [2.05, 4.69) is 5.32 Å². The molecule has 1 unspecified atom stereocenters. The molecule has 1 N–H and O–H groups in total. The minimum Gasteiger partial charge on any atom is -0.385 e. The van der Waals surface area contributed by atoms with E-state index >= 15 is 0 Å². The number of methoxy groups -OCH3 is 1. The second kappa shape index (κ2) is 6.28. The van der Waals surface area contributed by atoms with E-state index in [1.165, 1.54) is 12.1 Å². The SMILES string of the molecule is COCCC(C)Nc1c(Cl)cc(F)cc1Cl. The molecule has 0 aliphatic rings. The lowest BCUT2D eigenvalue weighted by Crippen LogP contribution is -2.17. The van der Waals surface area contributed by atoms with E-state index in [1.54, 1.807) is 7.11 Å². The molecule has 0 aromatic heterocycles. The number of benzene rings is 1. The largest absolute Gasteiger partial charge is 0.385 e. The Bertz CT molecular complexity index is 337. The summed E-state index contributed by atoms with van der Waals surface area (Å²) in [4.78, 5) is 0. The van der Waals surface area contributed by atoms with Crippen LogP contribution in [0.4, 0.5) is 10.1 Å². The summed E-state index contributed by atoms with van der Waals surface area (Å²) in [6.45, 7) is 2.62. The van der Waals surface area contributed by atoms with Crippen molar-refractivity contribution >= 4 is 28.9 Å². The van der Waals surface area contributed by atoms with Crippen LogP contribution in [-0.2, 0) is 4.74 Å². The average Bonchev–Trinajstić information content (AvgIpc) is 2.20. The van der Waals surface area contributed by atoms with Crippen LogP contribution in [0.3, 0.4) is 0 Å². The second-order valence-corrected chi connectivity index (χ2v) is 4.39. The monoisotopic (exact) mass is 265 g/mol. The lowest BCUT2D eigenvalue weighted by molar-refractivity contribution is 0.191. The molecule has 0 radical (unpaired) electrons. The van der Waals surface area contributed by atoms with Crippen LogP contribution in [0.15, 0.2) is 12.1 Å². The van der Waals surface area contributed by atoms with Crippen molar-refractivity contribution in [3.05, 3.63) is 28.0 Å². The Morgan fingerprint density at radius 1 is 1.38 bits per heavy atom. The van der Waals surface area contributed by atoms with Crippen LogP contribution in [0, 0.1) is 5.82 Å². The molecule has 0 bridgehead atoms. The van der Waals surface area contributed by atoms with Crippen LogP contribution >= 0.6 is 23.2 Å². The Labute approximate surface area is 105 Å². The van der Waals surface area contributed by atoms with E-state index in [1.807, 2.05) is 6.92 Å². The Balaban J connectivity index is 2.73. The molecule has 0 aliphatic carbocycles. The molecule has 0 saturated heterocycles. The van der Waals surface area contributed by atoms with Crippen molar-refractivity contribution in [3.8, 4) is 0 Å². The first-order valence-corrected chi connectivity index (χ1v) is 5.70. The Morgan fingerprint density at radius 3 is 2.44 bits per heavy atom. The highest BCUT2D eigenvalue weighted by Crippen LogP contribution is 2.32. The van der Waals surface area contributed by atoms with Crippen molar-refractivity contribution < 1.29 is 9.13 Å². The quantitative estimate of drug-likeness (QED) is 0.870. The van der Waals surface area contributed by atoms with Crippen LogP contribution in [0.2, 0.25) is 10.0 Å². The van der Waals surface area contributed by atoms with Crippen molar-refractivity contribution in [3.63, 3.8) is 0 Å². The molecular formula is C11H14Cl2FNO. The average molecular weight is 266 g/mol. The first-order chi connectivity index (χ1) is 7.54. The van der Waals surface area contributed by atoms with Gasteiger partial charge in [0.25, 0.3) is 0 Å². The zero-order valence-corrected chi connectivity index (χ0v) is 10.7. The minimum absolute atomic E-state index is 0.153. The maximum Gasteiger partial charge on any atom is 0.126 e. The van der Waals surface area contributed by atoms with E-state index in [9.17, 15) is 4.39 Å². The summed E-state index contributed by atoms with van der Waals surface area (Å²) < 4.78 is 17.9. The van der Waals surface area contributed by atoms with Crippen LogP contribution in [-0.4, -0.2) is 19.8 Å². The zero-order valence-electron chi connectivity index (χ0n) is 9.19. The minimum atomic E-state index is -0.440. The fourth-order valence-corrected chi connectivity index (χ4v) is 1.86. The third kappa shape index (κ3) is 3.81. The van der Waals surface area contributed by atoms with Gasteiger partial charge >= 0.3 is 0 Å². The number of nitrogens with one attached hydrogen (secondary N) is 1. The standard InChI is InChI=1S/C11H14Cl2FNO/c1-7(3-4-16-2)15-11-9(12)5-8(14)6-10(11)13/h5-7,15H,3-4H2,1-2H3. The van der Waals surface area contributed by atoms with Gasteiger partial charge in [-0.15, -0.1) is 0 Å². The molecule has 0 saturated carbocycles. The first-order valence-electron chi connectivity index (χ1n) is 4.94. The lowest BCUT2D eigenvalue weighted by atomic mass is 10.2. The number of ether oxygens (including phenoxy) is 1. The molecule has 0 fully saturated rings. The fraction of sp³-hybridized carbons (Fsp3) is 0.455. The van der Waals surface area contributed by atoms with Gasteiger partial charge in [-0.1, -0.05) is 23.2 Å². The van der Waals surface area contributed by atoms with Gasteiger partial charge in [-0.2, -0.15) is 0 Å². The van der Waals surface area contributed by atoms with Gasteiger partial charge < -0.3 is 10.1 Å². The van der Waals surface area contributed by atoms with E-state index in [0.717, 1.165) is 6.42 Å². The molecule has 5 heteroatoms. The number of anilines is 1. The topological polar surface area (TPSA) is 21.3 Å². The van der Waals surface area contributed by atoms with Gasteiger partial charge in [0.05, 0.1) is 15.7 Å². The highest BCUT2D eigenvalue weighted by molar-refractivity contribution is 6.39. The highest BCUT2D eigenvalue weighted by Gasteiger charge is 2.10. The predicted molar refractivity (Wildman–Crippen MR) is 66.0 cm³/mol. The molecule has 2 nitrogen and oxygen atoms in total. The summed E-state index contributed by atoms with van der Waals surface area (Å²) in [7, 11) is 1.64. The third-order valence-corrected chi connectivity index (χ3v) is 2.75. The predicted octanol–water partition coefficient (Wildman–Crippen LogP) is 3.97. The van der Waals surface area contributed by atoms with Crippen molar-refractivity contribution in [2.24, 2.45) is 0 Å². The number of rotatable bonds is 5. The molecule has 16 heavy (non-hydrogen) atoms. The van der Waals surface area contributed by atoms with Crippen LogP contribution < -0.4 is 5.32 Å². The van der Waals surface area contributed by atoms with Crippen molar-refractivity contribution in [1.29, 1.82) is 0 Å². The van der Waals surface area contributed by atoms with Crippen molar-refractivity contribution in [2.75, 3.05) is 19.0 Å². The summed E-state index contributed by atoms with van der Waals surface area (Å²) in [5.74, 6) is -0.440. The van der Waals surface area contributed by atoms with Gasteiger partial charge in [0.15, 0.2) is 0 Å². The van der Waals surface area contributed by atoms with Gasteiger partial charge in [-0.05, 0) is 25.5 Å². The summed E-state index contributed by atoms with van der Waals surface area (Å²) in [6, 6.07) is 2.62. The van der Waals surface area contributed by atoms with E-state index < -0.39 is 5.82 Å². The van der Waals surface area contributed by atoms with E-state index in [4.69, 9.17) is 27.9 Å². The van der Waals surface area contributed by atoms with Gasteiger partial charge in [-0.25, -0.2) is 4.39 Å². The van der Waals surface area contributed by atoms with Gasteiger partial charge in [-0.3, -0.25) is 0 Å². The molecule has 0 heterocycles. The van der Waals surface area contributed by atoms with Crippen LogP contribution in [0.1, 0.15) is 13.3 Å². The third-order valence-electron chi connectivity index (χ3n) is 2.15. The summed E-state index contributed by atoms with van der Waals surface area (Å²) in [5, 5.41) is 3.70. The fourth-order valence-electron chi connectivity index (χ4n) is 1.29. The second-order valence-electron chi connectivity index (χ2n) is 3.57. The molecule has 0 aliphatic heterocycles. The number of hydrogen-bond donors (Lipinski definition) is 1. The molecule has 0 amide bonds. The molecule has 1 atom stereocenters. The Kier molecular flexibility index (Phi) is 5.32. The zero-order chi connectivity index (χ0) is 12.1. The Hall–Kier alpha value is -0.510. The van der Waals surface area contributed by atoms with Crippen molar-refractivity contribution in [2.45, 2.75) is 19.4 Å². The van der Waals surface area contributed by atoms with Gasteiger partial charge in [0.2, 0.25) is 0 Å². The molecular weight excluding hydrogens is 252 g/mol. The molecule has 90 valence electrons.